The number of hydrogen-bond donors (Lipinski definition) is 3. The van der Waals surface area contributed by atoms with Gasteiger partial charge in [0.1, 0.15) is 6.04 Å². The zero-order valence-electron chi connectivity index (χ0n) is 7.67. The Balaban J connectivity index is 2.23. The predicted molar refractivity (Wildman–Crippen MR) is 47.8 cm³/mol. The van der Waals surface area contributed by atoms with Gasteiger partial charge in [-0.25, -0.2) is 0 Å². The largest absolute Gasteiger partial charge is 0.352 e. The van der Waals surface area contributed by atoms with Crippen LogP contribution in [0.4, 0.5) is 0 Å². The molecule has 0 aliphatic heterocycles. The van der Waals surface area contributed by atoms with Crippen molar-refractivity contribution in [2.45, 2.75) is 31.8 Å². The minimum absolute atomic E-state index is 0.0823. The Morgan fingerprint density at radius 3 is 2.62 bits per heavy atom. The SMILES string of the molecule is CC(NC(=O)CN)C(=O)NC1CC1. The van der Waals surface area contributed by atoms with Crippen molar-refractivity contribution in [2.24, 2.45) is 5.73 Å². The number of amides is 2. The first kappa shape index (κ1) is 9.98. The van der Waals surface area contributed by atoms with Crippen molar-refractivity contribution >= 4 is 11.8 Å². The first-order chi connectivity index (χ1) is 6.13. The van der Waals surface area contributed by atoms with Crippen LogP contribution in [0.3, 0.4) is 0 Å². The third-order valence-electron chi connectivity index (χ3n) is 1.88. The van der Waals surface area contributed by atoms with Gasteiger partial charge in [0.25, 0.3) is 0 Å². The molecule has 1 rings (SSSR count). The fourth-order valence-corrected chi connectivity index (χ4v) is 0.920. The fraction of sp³-hybridized carbons (Fsp3) is 0.750. The van der Waals surface area contributed by atoms with Crippen LogP contribution >= 0.6 is 0 Å². The highest BCUT2D eigenvalue weighted by Crippen LogP contribution is 2.18. The van der Waals surface area contributed by atoms with Gasteiger partial charge in [0.05, 0.1) is 6.54 Å². The molecule has 1 unspecified atom stereocenters. The van der Waals surface area contributed by atoms with E-state index in [1.807, 2.05) is 0 Å². The van der Waals surface area contributed by atoms with Crippen LogP contribution in [0.15, 0.2) is 0 Å². The summed E-state index contributed by atoms with van der Waals surface area (Å²) in [4.78, 5) is 22.1. The summed E-state index contributed by atoms with van der Waals surface area (Å²) >= 11 is 0. The maximum atomic E-state index is 11.3. The third-order valence-corrected chi connectivity index (χ3v) is 1.88. The zero-order chi connectivity index (χ0) is 9.84. The number of rotatable bonds is 4. The van der Waals surface area contributed by atoms with Crippen molar-refractivity contribution in [3.05, 3.63) is 0 Å². The van der Waals surface area contributed by atoms with Gasteiger partial charge in [-0.2, -0.15) is 0 Å². The Bertz CT molecular complexity index is 213. The van der Waals surface area contributed by atoms with Gasteiger partial charge in [0.2, 0.25) is 11.8 Å². The molecule has 2 amide bonds. The Hall–Kier alpha value is -1.10. The summed E-state index contributed by atoms with van der Waals surface area (Å²) in [6, 6.07) is -0.165. The Kier molecular flexibility index (Phi) is 3.25. The van der Waals surface area contributed by atoms with Crippen LogP contribution in [-0.4, -0.2) is 30.4 Å². The molecule has 1 saturated carbocycles. The second kappa shape index (κ2) is 4.23. The van der Waals surface area contributed by atoms with Gasteiger partial charge in [-0.05, 0) is 19.8 Å². The van der Waals surface area contributed by atoms with E-state index in [1.54, 1.807) is 6.92 Å². The fourth-order valence-electron chi connectivity index (χ4n) is 0.920. The molecule has 5 heteroatoms. The standard InChI is InChI=1S/C8H15N3O2/c1-5(10-7(12)4-9)8(13)11-6-2-3-6/h5-6H,2-4,9H2,1H3,(H,10,12)(H,11,13). The monoisotopic (exact) mass is 185 g/mol. The summed E-state index contributed by atoms with van der Waals surface area (Å²) in [6.45, 7) is 1.56. The van der Waals surface area contributed by atoms with Gasteiger partial charge < -0.3 is 16.4 Å². The van der Waals surface area contributed by atoms with Gasteiger partial charge in [-0.15, -0.1) is 0 Å². The van der Waals surface area contributed by atoms with E-state index >= 15 is 0 Å². The van der Waals surface area contributed by atoms with E-state index in [0.29, 0.717) is 6.04 Å². The molecule has 74 valence electrons. The van der Waals surface area contributed by atoms with Crippen LogP contribution in [0.5, 0.6) is 0 Å². The highest BCUT2D eigenvalue weighted by atomic mass is 16.2. The van der Waals surface area contributed by atoms with Crippen LogP contribution in [0.1, 0.15) is 19.8 Å². The molecule has 0 heterocycles. The van der Waals surface area contributed by atoms with Crippen LogP contribution in [-0.2, 0) is 9.59 Å². The van der Waals surface area contributed by atoms with Crippen molar-refractivity contribution in [3.63, 3.8) is 0 Å². The smallest absolute Gasteiger partial charge is 0.242 e. The average molecular weight is 185 g/mol. The van der Waals surface area contributed by atoms with E-state index in [2.05, 4.69) is 10.6 Å². The molecule has 0 spiro atoms. The second-order valence-electron chi connectivity index (χ2n) is 3.28. The summed E-state index contributed by atoms with van der Waals surface area (Å²) < 4.78 is 0. The molecule has 4 N–H and O–H groups in total. The highest BCUT2D eigenvalue weighted by molar-refractivity contribution is 5.88. The van der Waals surface area contributed by atoms with Gasteiger partial charge in [-0.1, -0.05) is 0 Å². The molecule has 1 aliphatic carbocycles. The van der Waals surface area contributed by atoms with Crippen LogP contribution in [0.25, 0.3) is 0 Å². The summed E-state index contributed by atoms with van der Waals surface area (Å²) in [5.74, 6) is -0.442. The third kappa shape index (κ3) is 3.42. The lowest BCUT2D eigenvalue weighted by Crippen LogP contribution is -2.47. The van der Waals surface area contributed by atoms with Crippen molar-refractivity contribution in [1.29, 1.82) is 0 Å². The Labute approximate surface area is 77.1 Å². The van der Waals surface area contributed by atoms with E-state index in [0.717, 1.165) is 12.8 Å². The lowest BCUT2D eigenvalue weighted by molar-refractivity contribution is -0.128. The van der Waals surface area contributed by atoms with E-state index in [4.69, 9.17) is 5.73 Å². The van der Waals surface area contributed by atoms with E-state index in [9.17, 15) is 9.59 Å². The lowest BCUT2D eigenvalue weighted by Gasteiger charge is -2.12. The molecule has 0 saturated heterocycles. The van der Waals surface area contributed by atoms with Gasteiger partial charge >= 0.3 is 0 Å². The molecule has 0 aromatic heterocycles. The second-order valence-corrected chi connectivity index (χ2v) is 3.28. The average Bonchev–Trinajstić information content (AvgIpc) is 2.87. The number of nitrogens with two attached hydrogens (primary N) is 1. The molecule has 1 fully saturated rings. The van der Waals surface area contributed by atoms with Crippen molar-refractivity contribution in [1.82, 2.24) is 10.6 Å². The van der Waals surface area contributed by atoms with Gasteiger partial charge in [0, 0.05) is 6.04 Å². The quantitative estimate of drug-likeness (QED) is 0.510. The van der Waals surface area contributed by atoms with Gasteiger partial charge in [-0.3, -0.25) is 9.59 Å². The van der Waals surface area contributed by atoms with Crippen molar-refractivity contribution in [2.75, 3.05) is 6.54 Å². The molecule has 0 aromatic rings. The molecule has 1 aliphatic rings. The summed E-state index contributed by atoms with van der Waals surface area (Å²) in [5.41, 5.74) is 5.09. The minimum atomic E-state index is -0.489. The van der Waals surface area contributed by atoms with Crippen LogP contribution in [0, 0.1) is 0 Å². The van der Waals surface area contributed by atoms with Crippen molar-refractivity contribution in [3.8, 4) is 0 Å². The first-order valence-electron chi connectivity index (χ1n) is 4.43. The molecular formula is C8H15N3O2. The summed E-state index contributed by atoms with van der Waals surface area (Å²) in [6.07, 6.45) is 2.09. The highest BCUT2D eigenvalue weighted by Gasteiger charge is 2.25. The summed E-state index contributed by atoms with van der Waals surface area (Å²) in [7, 11) is 0. The normalized spacial score (nSPS) is 17.7. The van der Waals surface area contributed by atoms with Crippen molar-refractivity contribution < 1.29 is 9.59 Å². The Morgan fingerprint density at radius 2 is 2.15 bits per heavy atom. The summed E-state index contributed by atoms with van der Waals surface area (Å²) in [5, 5.41) is 5.28. The minimum Gasteiger partial charge on any atom is -0.352 e. The first-order valence-corrected chi connectivity index (χ1v) is 4.43. The van der Waals surface area contributed by atoms with E-state index in [-0.39, 0.29) is 18.4 Å². The molecule has 13 heavy (non-hydrogen) atoms. The number of nitrogens with one attached hydrogen (secondary N) is 2. The van der Waals surface area contributed by atoms with Crippen LogP contribution in [0.2, 0.25) is 0 Å². The molecule has 5 nitrogen and oxygen atoms in total. The molecule has 0 bridgehead atoms. The predicted octanol–water partition coefficient (Wildman–Crippen LogP) is -1.27. The van der Waals surface area contributed by atoms with Crippen LogP contribution < -0.4 is 16.4 Å². The van der Waals surface area contributed by atoms with E-state index in [1.165, 1.54) is 0 Å². The van der Waals surface area contributed by atoms with E-state index < -0.39 is 6.04 Å². The topological polar surface area (TPSA) is 84.2 Å². The maximum absolute atomic E-state index is 11.3. The molecular weight excluding hydrogens is 170 g/mol. The maximum Gasteiger partial charge on any atom is 0.242 e. The lowest BCUT2D eigenvalue weighted by atomic mass is 10.3. The number of carbonyl (C=O) groups is 2. The molecule has 0 radical (unpaired) electrons. The Morgan fingerprint density at radius 1 is 1.54 bits per heavy atom. The number of hydrogen-bond acceptors (Lipinski definition) is 3. The molecule has 0 aromatic carbocycles. The number of carbonyl (C=O) groups excluding carboxylic acids is 2. The zero-order valence-corrected chi connectivity index (χ0v) is 7.67. The van der Waals surface area contributed by atoms with Gasteiger partial charge in [0.15, 0.2) is 0 Å². The molecule has 1 atom stereocenters.